The maximum Gasteiger partial charge on any atom is 0.321 e. The number of thioether (sulfide) groups is 1. The molecule has 3 nitrogen and oxygen atoms in total. The number of rotatable bonds is 6. The van der Waals surface area contributed by atoms with Crippen LogP contribution in [0.25, 0.3) is 0 Å². The normalized spacial score (nSPS) is 17.6. The zero-order chi connectivity index (χ0) is 8.97. The number of carboxylic acids is 1. The fraction of sp³-hybridized carbons (Fsp3) is 0.875. The first kappa shape index (κ1) is 13.1. The number of hydrogen-bond donors (Lipinski definition) is 2. The Morgan fingerprint density at radius 1 is 1.69 bits per heavy atom. The summed E-state index contributed by atoms with van der Waals surface area (Å²) in [5.41, 5.74) is 0. The molecule has 1 atom stereocenters. The van der Waals surface area contributed by atoms with Gasteiger partial charge in [0.2, 0.25) is 0 Å². The molecule has 0 spiro atoms. The van der Waals surface area contributed by atoms with Crippen molar-refractivity contribution in [3.8, 4) is 0 Å². The summed E-state index contributed by atoms with van der Waals surface area (Å²) in [4.78, 5) is 10.5. The maximum atomic E-state index is 10.5. The quantitative estimate of drug-likeness (QED) is 0.714. The molecule has 2 N–H and O–H groups in total. The van der Waals surface area contributed by atoms with Crippen LogP contribution < -0.4 is 5.32 Å². The van der Waals surface area contributed by atoms with E-state index in [-0.39, 0.29) is 18.4 Å². The Labute approximate surface area is 89.1 Å². The van der Waals surface area contributed by atoms with Crippen LogP contribution in [0.1, 0.15) is 12.8 Å². The van der Waals surface area contributed by atoms with Crippen LogP contribution in [0.4, 0.5) is 0 Å². The Morgan fingerprint density at radius 3 is 2.69 bits per heavy atom. The van der Waals surface area contributed by atoms with Gasteiger partial charge in [0, 0.05) is 5.75 Å². The van der Waals surface area contributed by atoms with E-state index >= 15 is 0 Å². The molecule has 78 valence electrons. The van der Waals surface area contributed by atoms with E-state index in [0.717, 1.165) is 11.7 Å². The van der Waals surface area contributed by atoms with E-state index in [9.17, 15) is 4.79 Å². The minimum absolute atomic E-state index is 0. The van der Waals surface area contributed by atoms with Crippen molar-refractivity contribution in [3.63, 3.8) is 0 Å². The topological polar surface area (TPSA) is 49.3 Å². The van der Waals surface area contributed by atoms with Crippen molar-refractivity contribution in [1.29, 1.82) is 0 Å². The largest absolute Gasteiger partial charge is 0.480 e. The highest BCUT2D eigenvalue weighted by atomic mass is 35.5. The van der Waals surface area contributed by atoms with E-state index in [0.29, 0.717) is 5.75 Å². The molecule has 1 aliphatic rings. The van der Waals surface area contributed by atoms with Gasteiger partial charge >= 0.3 is 5.97 Å². The van der Waals surface area contributed by atoms with E-state index in [1.165, 1.54) is 12.8 Å². The van der Waals surface area contributed by atoms with Crippen LogP contribution in [0.15, 0.2) is 0 Å². The molecule has 1 fully saturated rings. The van der Waals surface area contributed by atoms with E-state index in [4.69, 9.17) is 5.11 Å². The molecule has 1 saturated carbocycles. The number of halogens is 1. The molecule has 1 rings (SSSR count). The highest BCUT2D eigenvalue weighted by Gasteiger charge is 2.22. The number of aliphatic carboxylic acids is 1. The fourth-order valence-electron chi connectivity index (χ4n) is 0.915. The lowest BCUT2D eigenvalue weighted by molar-refractivity contribution is -0.138. The SMILES string of the molecule is CNC(CSCC1CC1)C(=O)O.Cl. The van der Waals surface area contributed by atoms with Gasteiger partial charge in [0.15, 0.2) is 0 Å². The zero-order valence-electron chi connectivity index (χ0n) is 7.66. The minimum Gasteiger partial charge on any atom is -0.480 e. The predicted octanol–water partition coefficient (Wildman–Crippen LogP) is 1.22. The Morgan fingerprint density at radius 2 is 2.31 bits per heavy atom. The predicted molar refractivity (Wildman–Crippen MR) is 57.8 cm³/mol. The lowest BCUT2D eigenvalue weighted by Gasteiger charge is -2.09. The average Bonchev–Trinajstić information content (AvgIpc) is 2.80. The Kier molecular flexibility index (Phi) is 6.55. The monoisotopic (exact) mass is 225 g/mol. The number of carboxylic acid groups (broad SMARTS) is 1. The van der Waals surface area contributed by atoms with Crippen LogP contribution in [0, 0.1) is 5.92 Å². The van der Waals surface area contributed by atoms with Gasteiger partial charge in [-0.15, -0.1) is 12.4 Å². The molecule has 1 unspecified atom stereocenters. The van der Waals surface area contributed by atoms with E-state index < -0.39 is 5.97 Å². The smallest absolute Gasteiger partial charge is 0.321 e. The van der Waals surface area contributed by atoms with Crippen molar-refractivity contribution in [1.82, 2.24) is 5.32 Å². The van der Waals surface area contributed by atoms with E-state index in [2.05, 4.69) is 5.32 Å². The summed E-state index contributed by atoms with van der Waals surface area (Å²) in [6, 6.07) is -0.381. The fourth-order valence-corrected chi connectivity index (χ4v) is 2.26. The molecule has 0 radical (unpaired) electrons. The van der Waals surface area contributed by atoms with Gasteiger partial charge in [-0.3, -0.25) is 4.79 Å². The Balaban J connectivity index is 0.00000144. The van der Waals surface area contributed by atoms with Crippen molar-refractivity contribution in [2.45, 2.75) is 18.9 Å². The summed E-state index contributed by atoms with van der Waals surface area (Å²) >= 11 is 1.74. The molecule has 13 heavy (non-hydrogen) atoms. The van der Waals surface area contributed by atoms with Crippen LogP contribution in [0.2, 0.25) is 0 Å². The summed E-state index contributed by atoms with van der Waals surface area (Å²) < 4.78 is 0. The lowest BCUT2D eigenvalue weighted by atomic mass is 10.3. The van der Waals surface area contributed by atoms with Gasteiger partial charge in [-0.1, -0.05) is 0 Å². The van der Waals surface area contributed by atoms with Gasteiger partial charge in [-0.25, -0.2) is 0 Å². The molecule has 0 bridgehead atoms. The number of hydrogen-bond acceptors (Lipinski definition) is 3. The number of nitrogens with one attached hydrogen (secondary N) is 1. The third kappa shape index (κ3) is 5.39. The first-order valence-electron chi connectivity index (χ1n) is 4.22. The first-order chi connectivity index (χ1) is 5.74. The highest BCUT2D eigenvalue weighted by Crippen LogP contribution is 2.32. The number of carbonyl (C=O) groups is 1. The van der Waals surface area contributed by atoms with Crippen molar-refractivity contribution in [2.24, 2.45) is 5.92 Å². The summed E-state index contributed by atoms with van der Waals surface area (Å²) in [6.45, 7) is 0. The Bertz CT molecular complexity index is 164. The second-order valence-electron chi connectivity index (χ2n) is 3.16. The van der Waals surface area contributed by atoms with Gasteiger partial charge in [-0.2, -0.15) is 11.8 Å². The van der Waals surface area contributed by atoms with Gasteiger partial charge < -0.3 is 10.4 Å². The second-order valence-corrected chi connectivity index (χ2v) is 4.24. The van der Waals surface area contributed by atoms with Crippen molar-refractivity contribution >= 4 is 30.1 Å². The maximum absolute atomic E-state index is 10.5. The van der Waals surface area contributed by atoms with Gasteiger partial charge in [0.25, 0.3) is 0 Å². The van der Waals surface area contributed by atoms with Crippen LogP contribution >= 0.6 is 24.2 Å². The minimum atomic E-state index is -0.749. The lowest BCUT2D eigenvalue weighted by Crippen LogP contribution is -2.36. The van der Waals surface area contributed by atoms with Crippen LogP contribution in [0.5, 0.6) is 0 Å². The molecular weight excluding hydrogens is 210 g/mol. The molecular formula is C8H16ClNO2S. The third-order valence-electron chi connectivity index (χ3n) is 1.98. The molecule has 0 aromatic heterocycles. The average molecular weight is 226 g/mol. The van der Waals surface area contributed by atoms with Crippen molar-refractivity contribution in [3.05, 3.63) is 0 Å². The van der Waals surface area contributed by atoms with Crippen LogP contribution in [-0.2, 0) is 4.79 Å². The number of likely N-dealkylation sites (N-methyl/N-ethyl adjacent to an activating group) is 1. The zero-order valence-corrected chi connectivity index (χ0v) is 9.29. The van der Waals surface area contributed by atoms with Crippen molar-refractivity contribution in [2.75, 3.05) is 18.6 Å². The summed E-state index contributed by atoms with van der Waals surface area (Å²) in [7, 11) is 1.69. The molecule has 5 heteroatoms. The standard InChI is InChI=1S/C8H15NO2S.ClH/c1-9-7(8(10)11)5-12-4-6-2-3-6;/h6-7,9H,2-5H2,1H3,(H,10,11);1H. The first-order valence-corrected chi connectivity index (χ1v) is 5.37. The van der Waals surface area contributed by atoms with Gasteiger partial charge in [-0.05, 0) is 31.6 Å². The summed E-state index contributed by atoms with van der Waals surface area (Å²) in [6.07, 6.45) is 2.68. The van der Waals surface area contributed by atoms with E-state index in [1.807, 2.05) is 0 Å². The van der Waals surface area contributed by atoms with Crippen molar-refractivity contribution < 1.29 is 9.90 Å². The molecule has 0 aromatic carbocycles. The molecule has 0 saturated heterocycles. The molecule has 0 aromatic rings. The van der Waals surface area contributed by atoms with E-state index in [1.54, 1.807) is 18.8 Å². The molecule has 0 heterocycles. The summed E-state index contributed by atoms with van der Waals surface area (Å²) in [5.74, 6) is 1.94. The van der Waals surface area contributed by atoms with Gasteiger partial charge in [0.05, 0.1) is 0 Å². The molecule has 0 aliphatic heterocycles. The molecule has 0 amide bonds. The van der Waals surface area contributed by atoms with Crippen LogP contribution in [0.3, 0.4) is 0 Å². The van der Waals surface area contributed by atoms with Crippen LogP contribution in [-0.4, -0.2) is 35.7 Å². The third-order valence-corrected chi connectivity index (χ3v) is 3.26. The molecule has 1 aliphatic carbocycles. The Hall–Kier alpha value is 0.0700. The highest BCUT2D eigenvalue weighted by molar-refractivity contribution is 7.99. The van der Waals surface area contributed by atoms with Gasteiger partial charge in [0.1, 0.15) is 6.04 Å². The summed E-state index contributed by atoms with van der Waals surface area (Å²) in [5, 5.41) is 11.5. The second kappa shape index (κ2) is 6.51.